The topological polar surface area (TPSA) is 29.5 Å². The molecule has 0 spiro atoms. The van der Waals surface area contributed by atoms with Gasteiger partial charge in [-0.15, -0.1) is 0 Å². The molecule has 0 saturated heterocycles. The fourth-order valence-electron chi connectivity index (χ4n) is 3.45. The number of carbonyl (C=O) groups is 1. The molecule has 2 aromatic rings. The molecule has 0 aromatic heterocycles. The van der Waals surface area contributed by atoms with E-state index in [9.17, 15) is 4.79 Å². The van der Waals surface area contributed by atoms with Gasteiger partial charge in [-0.05, 0) is 42.2 Å². The fraction of sp³-hybridized carbons (Fsp3) is 0.278. The Morgan fingerprint density at radius 3 is 2.91 bits per heavy atom. The monoisotopic (exact) mass is 313 g/mol. The quantitative estimate of drug-likeness (QED) is 0.802. The van der Waals surface area contributed by atoms with Gasteiger partial charge >= 0.3 is 0 Å². The molecule has 3 nitrogen and oxygen atoms in total. The van der Waals surface area contributed by atoms with Crippen LogP contribution in [-0.4, -0.2) is 17.4 Å². The molecule has 1 aliphatic carbocycles. The van der Waals surface area contributed by atoms with Crippen molar-refractivity contribution in [2.24, 2.45) is 0 Å². The number of rotatable bonds is 1. The highest BCUT2D eigenvalue weighted by molar-refractivity contribution is 6.30. The number of halogens is 1. The summed E-state index contributed by atoms with van der Waals surface area (Å²) in [6.45, 7) is 0.640. The largest absolute Gasteiger partial charge is 0.483 e. The average molecular weight is 314 g/mol. The van der Waals surface area contributed by atoms with Crippen LogP contribution in [0.25, 0.3) is 0 Å². The van der Waals surface area contributed by atoms with Crippen molar-refractivity contribution in [3.63, 3.8) is 0 Å². The Morgan fingerprint density at radius 1 is 1.14 bits per heavy atom. The minimum atomic E-state index is 0.0361. The molecule has 2 aromatic carbocycles. The maximum atomic E-state index is 12.5. The molecule has 2 aliphatic rings. The molecule has 0 bridgehead atoms. The SMILES string of the molecule is O=C1COc2ccc(Cl)cc2CN1[C@@H]1CCc2ccccc21. The lowest BCUT2D eigenvalue weighted by Gasteiger charge is -2.28. The highest BCUT2D eigenvalue weighted by Crippen LogP contribution is 2.38. The zero-order valence-electron chi connectivity index (χ0n) is 12.1. The van der Waals surface area contributed by atoms with Crippen LogP contribution in [0.2, 0.25) is 5.02 Å². The highest BCUT2D eigenvalue weighted by atomic mass is 35.5. The minimum absolute atomic E-state index is 0.0361. The van der Waals surface area contributed by atoms with Crippen molar-refractivity contribution in [1.82, 2.24) is 4.90 Å². The number of ether oxygens (including phenoxy) is 1. The number of fused-ring (bicyclic) bond motifs is 2. The van der Waals surface area contributed by atoms with Crippen LogP contribution in [0.1, 0.15) is 29.2 Å². The van der Waals surface area contributed by atoms with Gasteiger partial charge in [0.1, 0.15) is 5.75 Å². The van der Waals surface area contributed by atoms with Crippen molar-refractivity contribution in [3.05, 3.63) is 64.2 Å². The zero-order valence-corrected chi connectivity index (χ0v) is 12.8. The molecule has 22 heavy (non-hydrogen) atoms. The second-order valence-corrected chi connectivity index (χ2v) is 6.25. The van der Waals surface area contributed by atoms with Crippen LogP contribution < -0.4 is 4.74 Å². The van der Waals surface area contributed by atoms with Crippen LogP contribution in [0.5, 0.6) is 5.75 Å². The number of hydrogen-bond donors (Lipinski definition) is 0. The summed E-state index contributed by atoms with van der Waals surface area (Å²) in [4.78, 5) is 14.5. The summed E-state index contributed by atoms with van der Waals surface area (Å²) < 4.78 is 5.64. The molecule has 1 atom stereocenters. The van der Waals surface area contributed by atoms with Gasteiger partial charge in [0, 0.05) is 10.6 Å². The Labute approximate surface area is 134 Å². The summed E-state index contributed by atoms with van der Waals surface area (Å²) in [7, 11) is 0. The number of aryl methyl sites for hydroxylation is 1. The molecule has 4 rings (SSSR count). The molecule has 0 N–H and O–H groups in total. The van der Waals surface area contributed by atoms with E-state index in [2.05, 4.69) is 18.2 Å². The summed E-state index contributed by atoms with van der Waals surface area (Å²) in [5.74, 6) is 0.792. The third-order valence-corrected chi connectivity index (χ3v) is 4.75. The molecule has 1 amide bonds. The zero-order chi connectivity index (χ0) is 15.1. The van der Waals surface area contributed by atoms with E-state index in [1.165, 1.54) is 11.1 Å². The molecule has 1 aliphatic heterocycles. The van der Waals surface area contributed by atoms with Crippen molar-refractivity contribution >= 4 is 17.5 Å². The summed E-state index contributed by atoms with van der Waals surface area (Å²) in [5.41, 5.74) is 3.58. The Morgan fingerprint density at radius 2 is 2.00 bits per heavy atom. The van der Waals surface area contributed by atoms with Gasteiger partial charge in [-0.25, -0.2) is 0 Å². The first-order chi connectivity index (χ1) is 10.7. The third-order valence-electron chi connectivity index (χ3n) is 4.51. The Kier molecular flexibility index (Phi) is 3.30. The van der Waals surface area contributed by atoms with Crippen molar-refractivity contribution in [2.75, 3.05) is 6.61 Å². The maximum absolute atomic E-state index is 12.5. The highest BCUT2D eigenvalue weighted by Gasteiger charge is 2.33. The van der Waals surface area contributed by atoms with Gasteiger partial charge in [-0.3, -0.25) is 4.79 Å². The van der Waals surface area contributed by atoms with Gasteiger partial charge in [0.2, 0.25) is 0 Å². The van der Waals surface area contributed by atoms with Crippen LogP contribution in [0.15, 0.2) is 42.5 Å². The Balaban J connectivity index is 1.71. The van der Waals surface area contributed by atoms with E-state index in [4.69, 9.17) is 16.3 Å². The first-order valence-electron chi connectivity index (χ1n) is 7.51. The van der Waals surface area contributed by atoms with E-state index in [0.29, 0.717) is 11.6 Å². The molecule has 0 saturated carbocycles. The molecule has 0 fully saturated rings. The predicted molar refractivity (Wildman–Crippen MR) is 85.0 cm³/mol. The number of benzene rings is 2. The van der Waals surface area contributed by atoms with Crippen LogP contribution in [0.4, 0.5) is 0 Å². The van der Waals surface area contributed by atoms with Crippen molar-refractivity contribution in [3.8, 4) is 5.75 Å². The van der Waals surface area contributed by atoms with Crippen molar-refractivity contribution in [2.45, 2.75) is 25.4 Å². The third kappa shape index (κ3) is 2.26. The average Bonchev–Trinajstić information content (AvgIpc) is 2.88. The van der Waals surface area contributed by atoms with Crippen LogP contribution >= 0.6 is 11.6 Å². The summed E-state index contributed by atoms with van der Waals surface area (Å²) in [5, 5.41) is 0.670. The summed E-state index contributed by atoms with van der Waals surface area (Å²) in [6.07, 6.45) is 1.99. The first kappa shape index (κ1) is 13.6. The maximum Gasteiger partial charge on any atom is 0.261 e. The Hall–Kier alpha value is -2.00. The van der Waals surface area contributed by atoms with Gasteiger partial charge in [0.25, 0.3) is 5.91 Å². The number of amides is 1. The minimum Gasteiger partial charge on any atom is -0.483 e. The van der Waals surface area contributed by atoms with E-state index >= 15 is 0 Å². The molecule has 1 heterocycles. The lowest BCUT2D eigenvalue weighted by Crippen LogP contribution is -2.35. The number of hydrogen-bond acceptors (Lipinski definition) is 2. The second-order valence-electron chi connectivity index (χ2n) is 5.82. The van der Waals surface area contributed by atoms with Gasteiger partial charge in [-0.2, -0.15) is 0 Å². The fourth-order valence-corrected chi connectivity index (χ4v) is 3.64. The van der Waals surface area contributed by atoms with E-state index in [1.54, 1.807) is 6.07 Å². The van der Waals surface area contributed by atoms with Crippen LogP contribution in [-0.2, 0) is 17.8 Å². The van der Waals surface area contributed by atoms with E-state index in [0.717, 1.165) is 24.2 Å². The second kappa shape index (κ2) is 5.33. The lowest BCUT2D eigenvalue weighted by molar-refractivity contribution is -0.135. The summed E-state index contributed by atoms with van der Waals surface area (Å²) >= 11 is 6.10. The van der Waals surface area contributed by atoms with Crippen LogP contribution in [0.3, 0.4) is 0 Å². The number of carbonyl (C=O) groups excluding carboxylic acids is 1. The van der Waals surface area contributed by atoms with Crippen molar-refractivity contribution < 1.29 is 9.53 Å². The molecule has 0 unspecified atom stereocenters. The summed E-state index contributed by atoms with van der Waals surface area (Å²) in [6, 6.07) is 14.1. The lowest BCUT2D eigenvalue weighted by atomic mass is 10.1. The van der Waals surface area contributed by atoms with Gasteiger partial charge in [-0.1, -0.05) is 35.9 Å². The normalized spacial score (nSPS) is 20.1. The standard InChI is InChI=1S/C18H16ClNO2/c19-14-6-8-17-13(9-14)10-20(18(21)11-22-17)16-7-5-12-3-1-2-4-15(12)16/h1-4,6,8-9,16H,5,7,10-11H2/t16-/m1/s1. The smallest absolute Gasteiger partial charge is 0.261 e. The predicted octanol–water partition coefficient (Wildman–Crippen LogP) is 3.75. The Bertz CT molecular complexity index is 744. The van der Waals surface area contributed by atoms with Crippen molar-refractivity contribution in [1.29, 1.82) is 0 Å². The molecular weight excluding hydrogens is 298 g/mol. The van der Waals surface area contributed by atoms with E-state index in [-0.39, 0.29) is 18.6 Å². The van der Waals surface area contributed by atoms with Gasteiger partial charge in [0.15, 0.2) is 6.61 Å². The molecular formula is C18H16ClNO2. The van der Waals surface area contributed by atoms with Gasteiger partial charge < -0.3 is 9.64 Å². The van der Waals surface area contributed by atoms with E-state index in [1.807, 2.05) is 23.1 Å². The van der Waals surface area contributed by atoms with E-state index < -0.39 is 0 Å². The van der Waals surface area contributed by atoms with Crippen LogP contribution in [0, 0.1) is 0 Å². The molecule has 0 radical (unpaired) electrons. The van der Waals surface area contributed by atoms with Gasteiger partial charge in [0.05, 0.1) is 12.6 Å². The first-order valence-corrected chi connectivity index (χ1v) is 7.88. The molecule has 4 heteroatoms. The number of nitrogens with zero attached hydrogens (tertiary/aromatic N) is 1. The molecule has 112 valence electrons.